The van der Waals surface area contributed by atoms with Crippen LogP contribution in [0.1, 0.15) is 72.5 Å². The van der Waals surface area contributed by atoms with E-state index in [1.54, 1.807) is 6.92 Å². The van der Waals surface area contributed by atoms with E-state index in [1.165, 1.54) is 11.3 Å². The number of amides is 1. The van der Waals surface area contributed by atoms with Crippen molar-refractivity contribution in [1.82, 2.24) is 30.6 Å². The molecule has 4 rings (SSSR count). The Morgan fingerprint density at radius 3 is 2.64 bits per heavy atom. The van der Waals surface area contributed by atoms with Crippen LogP contribution in [0.2, 0.25) is 5.15 Å². The topological polar surface area (TPSA) is 136 Å². The summed E-state index contributed by atoms with van der Waals surface area (Å²) in [6.45, 7) is 9.29. The Morgan fingerprint density at radius 1 is 1.25 bits per heavy atom. The van der Waals surface area contributed by atoms with Crippen LogP contribution >= 0.6 is 22.9 Å². The average molecular weight is 534 g/mol. The van der Waals surface area contributed by atoms with E-state index >= 15 is 0 Å². The SMILES string of the molecule is CCc1[nH]c(C(=O)N[C@@H]2CCN(c3nc4cc(C)nc(C(=O)O)c4s3)C[C@@H]2NC(CC)CC)nc1Cl. The summed E-state index contributed by atoms with van der Waals surface area (Å²) in [7, 11) is 0. The second-order valence-electron chi connectivity index (χ2n) is 9.07. The van der Waals surface area contributed by atoms with Gasteiger partial charge in [-0.05, 0) is 38.7 Å². The monoisotopic (exact) mass is 533 g/mol. The molecule has 194 valence electrons. The molecule has 10 nitrogen and oxygen atoms in total. The van der Waals surface area contributed by atoms with Crippen molar-refractivity contribution in [1.29, 1.82) is 0 Å². The quantitative estimate of drug-likeness (QED) is 0.326. The second kappa shape index (κ2) is 11.1. The van der Waals surface area contributed by atoms with Gasteiger partial charge in [-0.1, -0.05) is 43.7 Å². The summed E-state index contributed by atoms with van der Waals surface area (Å²) < 4.78 is 0.574. The van der Waals surface area contributed by atoms with E-state index in [0.29, 0.717) is 53.0 Å². The number of aryl methyl sites for hydroxylation is 2. The van der Waals surface area contributed by atoms with Gasteiger partial charge in [0.1, 0.15) is 0 Å². The molecule has 4 heterocycles. The minimum absolute atomic E-state index is 0.0329. The molecule has 0 bridgehead atoms. The number of hydrogen-bond donors (Lipinski definition) is 4. The second-order valence-corrected chi connectivity index (χ2v) is 10.4. The molecule has 0 aromatic carbocycles. The normalized spacial score (nSPS) is 18.2. The Morgan fingerprint density at radius 2 is 2.00 bits per heavy atom. The molecule has 0 radical (unpaired) electrons. The molecule has 1 aliphatic heterocycles. The zero-order valence-electron chi connectivity index (χ0n) is 20.9. The molecule has 1 fully saturated rings. The number of H-pyrrole nitrogens is 1. The van der Waals surface area contributed by atoms with Gasteiger partial charge in [0, 0.05) is 36.9 Å². The zero-order chi connectivity index (χ0) is 26.0. The number of nitrogens with one attached hydrogen (secondary N) is 3. The van der Waals surface area contributed by atoms with E-state index in [4.69, 9.17) is 16.6 Å². The van der Waals surface area contributed by atoms with Crippen molar-refractivity contribution in [2.75, 3.05) is 18.0 Å². The highest BCUT2D eigenvalue weighted by Gasteiger charge is 2.33. The molecule has 1 aliphatic rings. The van der Waals surface area contributed by atoms with E-state index in [0.717, 1.165) is 23.7 Å². The number of carbonyl (C=O) groups excluding carboxylic acids is 1. The number of carbonyl (C=O) groups is 2. The molecule has 12 heteroatoms. The molecule has 2 atom stereocenters. The third-order valence-corrected chi connectivity index (χ3v) is 8.08. The standard InChI is InChI=1S/C24H32ClN7O3S/c1-5-13(6-2)27-17-11-32(24-30-16-10-12(4)26-18(23(34)35)19(16)36-24)9-8-15(17)29-22(33)21-28-14(7-3)20(25)31-21/h10,13,15,17,27H,5-9,11H2,1-4H3,(H,28,31)(H,29,33)(H,34,35)/t15-,17+/m1/s1. The lowest BCUT2D eigenvalue weighted by molar-refractivity contribution is 0.0692. The summed E-state index contributed by atoms with van der Waals surface area (Å²) in [6, 6.07) is 1.97. The van der Waals surface area contributed by atoms with Crippen LogP contribution in [0.25, 0.3) is 10.2 Å². The first-order valence-electron chi connectivity index (χ1n) is 12.3. The van der Waals surface area contributed by atoms with Crippen LogP contribution in [-0.2, 0) is 6.42 Å². The number of nitrogens with zero attached hydrogens (tertiary/aromatic N) is 4. The van der Waals surface area contributed by atoms with Gasteiger partial charge in [0.05, 0.1) is 15.9 Å². The number of carboxylic acids is 1. The first-order chi connectivity index (χ1) is 17.2. The lowest BCUT2D eigenvalue weighted by Gasteiger charge is -2.40. The lowest BCUT2D eigenvalue weighted by Crippen LogP contribution is -2.61. The van der Waals surface area contributed by atoms with Crippen molar-refractivity contribution in [2.24, 2.45) is 0 Å². The van der Waals surface area contributed by atoms with Crippen molar-refractivity contribution in [3.05, 3.63) is 34.1 Å². The number of hydrogen-bond acceptors (Lipinski definition) is 8. The number of anilines is 1. The third-order valence-electron chi connectivity index (χ3n) is 6.63. The molecule has 1 saturated heterocycles. The molecular weight excluding hydrogens is 502 g/mol. The summed E-state index contributed by atoms with van der Waals surface area (Å²) >= 11 is 7.48. The molecule has 0 aliphatic carbocycles. The van der Waals surface area contributed by atoms with Crippen molar-refractivity contribution in [2.45, 2.75) is 71.5 Å². The Balaban J connectivity index is 1.57. The predicted molar refractivity (Wildman–Crippen MR) is 141 cm³/mol. The molecule has 1 amide bonds. The van der Waals surface area contributed by atoms with Crippen LogP contribution < -0.4 is 15.5 Å². The highest BCUT2D eigenvalue weighted by molar-refractivity contribution is 7.22. The number of thiazole rings is 1. The van der Waals surface area contributed by atoms with Crippen LogP contribution in [0.15, 0.2) is 6.07 Å². The Hall–Kier alpha value is -2.76. The first kappa shape index (κ1) is 26.3. The van der Waals surface area contributed by atoms with E-state index in [9.17, 15) is 14.7 Å². The van der Waals surface area contributed by atoms with Gasteiger partial charge in [0.25, 0.3) is 5.91 Å². The molecule has 0 unspecified atom stereocenters. The van der Waals surface area contributed by atoms with Gasteiger partial charge in [-0.2, -0.15) is 0 Å². The van der Waals surface area contributed by atoms with Crippen molar-refractivity contribution in [3.8, 4) is 0 Å². The Kier molecular flexibility index (Phi) is 8.11. The molecule has 3 aromatic rings. The molecule has 36 heavy (non-hydrogen) atoms. The van der Waals surface area contributed by atoms with Crippen molar-refractivity contribution < 1.29 is 14.7 Å². The van der Waals surface area contributed by atoms with Crippen molar-refractivity contribution in [3.63, 3.8) is 0 Å². The van der Waals surface area contributed by atoms with Gasteiger partial charge in [-0.3, -0.25) is 4.79 Å². The molecule has 4 N–H and O–H groups in total. The Labute approximate surface area is 218 Å². The number of piperidine rings is 1. The van der Waals surface area contributed by atoms with Crippen LogP contribution in [-0.4, -0.2) is 68.1 Å². The number of carboxylic acid groups (broad SMARTS) is 1. The summed E-state index contributed by atoms with van der Waals surface area (Å²) in [6.07, 6.45) is 3.29. The highest BCUT2D eigenvalue weighted by Crippen LogP contribution is 2.33. The number of rotatable bonds is 9. The van der Waals surface area contributed by atoms with Crippen LogP contribution in [0.4, 0.5) is 5.13 Å². The van der Waals surface area contributed by atoms with Gasteiger partial charge >= 0.3 is 5.97 Å². The number of fused-ring (bicyclic) bond motifs is 1. The zero-order valence-corrected chi connectivity index (χ0v) is 22.5. The summed E-state index contributed by atoms with van der Waals surface area (Å²) in [5.41, 5.74) is 2.03. The summed E-state index contributed by atoms with van der Waals surface area (Å²) in [5.74, 6) is -1.12. The fourth-order valence-corrected chi connectivity index (χ4v) is 5.91. The van der Waals surface area contributed by atoms with E-state index < -0.39 is 5.97 Å². The lowest BCUT2D eigenvalue weighted by atomic mass is 9.97. The number of halogens is 1. The summed E-state index contributed by atoms with van der Waals surface area (Å²) in [4.78, 5) is 43.0. The fourth-order valence-electron chi connectivity index (χ4n) is 4.59. The van der Waals surface area contributed by atoms with Gasteiger partial charge in [-0.15, -0.1) is 0 Å². The number of aromatic amines is 1. The maximum atomic E-state index is 13.0. The van der Waals surface area contributed by atoms with Gasteiger partial charge < -0.3 is 25.6 Å². The molecule has 0 spiro atoms. The van der Waals surface area contributed by atoms with E-state index in [2.05, 4.69) is 44.3 Å². The molecule has 3 aromatic heterocycles. The van der Waals surface area contributed by atoms with Gasteiger partial charge in [0.2, 0.25) is 0 Å². The predicted octanol–water partition coefficient (Wildman–Crippen LogP) is 3.79. The van der Waals surface area contributed by atoms with E-state index in [1.807, 2.05) is 13.0 Å². The largest absolute Gasteiger partial charge is 0.476 e. The maximum absolute atomic E-state index is 13.0. The number of aromatic carboxylic acids is 1. The van der Waals surface area contributed by atoms with Crippen LogP contribution in [0, 0.1) is 6.92 Å². The van der Waals surface area contributed by atoms with E-state index in [-0.39, 0.29) is 29.5 Å². The highest BCUT2D eigenvalue weighted by atomic mass is 35.5. The number of imidazole rings is 1. The first-order valence-corrected chi connectivity index (χ1v) is 13.5. The van der Waals surface area contributed by atoms with Gasteiger partial charge in [-0.25, -0.2) is 19.7 Å². The molecular formula is C24H32ClN7O3S. The third kappa shape index (κ3) is 5.47. The number of pyridine rings is 1. The van der Waals surface area contributed by atoms with Crippen LogP contribution in [0.3, 0.4) is 0 Å². The van der Waals surface area contributed by atoms with Crippen molar-refractivity contribution >= 4 is 50.2 Å². The maximum Gasteiger partial charge on any atom is 0.356 e. The Bertz CT molecular complexity index is 1260. The minimum Gasteiger partial charge on any atom is -0.476 e. The summed E-state index contributed by atoms with van der Waals surface area (Å²) in [5, 5.41) is 17.6. The van der Waals surface area contributed by atoms with Gasteiger partial charge in [0.15, 0.2) is 21.8 Å². The molecule has 0 saturated carbocycles. The average Bonchev–Trinajstić information content (AvgIpc) is 3.45. The number of aromatic nitrogens is 4. The smallest absolute Gasteiger partial charge is 0.356 e. The minimum atomic E-state index is -1.06. The van der Waals surface area contributed by atoms with Crippen LogP contribution in [0.5, 0.6) is 0 Å². The fraction of sp³-hybridized carbons (Fsp3) is 0.542.